The Morgan fingerprint density at radius 3 is 2.58 bits per heavy atom. The molecule has 36 heavy (non-hydrogen) atoms. The number of aryl methyl sites for hydroxylation is 2. The topological polar surface area (TPSA) is 66.9 Å². The van der Waals surface area contributed by atoms with Crippen molar-refractivity contribution in [3.05, 3.63) is 29.3 Å². The van der Waals surface area contributed by atoms with Crippen LogP contribution in [0, 0.1) is 19.8 Å². The summed E-state index contributed by atoms with van der Waals surface area (Å²) in [5.41, 5.74) is 5.16. The minimum absolute atomic E-state index is 0.252. The van der Waals surface area contributed by atoms with Gasteiger partial charge in [-0.25, -0.2) is 0 Å². The van der Waals surface area contributed by atoms with Crippen molar-refractivity contribution in [1.82, 2.24) is 10.6 Å². The van der Waals surface area contributed by atoms with Crippen molar-refractivity contribution in [3.8, 4) is 0 Å². The third-order valence-corrected chi connectivity index (χ3v) is 8.17. The molecule has 6 atom stereocenters. The second-order valence-electron chi connectivity index (χ2n) is 11.7. The van der Waals surface area contributed by atoms with Crippen molar-refractivity contribution in [1.29, 1.82) is 0 Å². The van der Waals surface area contributed by atoms with Crippen molar-refractivity contribution in [3.63, 3.8) is 0 Å². The lowest BCUT2D eigenvalue weighted by Crippen LogP contribution is -2.35. The highest BCUT2D eigenvalue weighted by atomic mass is 16.5. The average Bonchev–Trinajstić information content (AvgIpc) is 3.61. The van der Waals surface area contributed by atoms with E-state index in [2.05, 4.69) is 61.8 Å². The third-order valence-electron chi connectivity index (χ3n) is 8.17. The summed E-state index contributed by atoms with van der Waals surface area (Å²) in [6.07, 6.45) is 9.73. The van der Waals surface area contributed by atoms with Gasteiger partial charge < -0.3 is 25.4 Å². The first kappa shape index (κ1) is 27.6. The number of ether oxygens (including phenoxy) is 2. The minimum atomic E-state index is 0.252. The molecule has 3 aliphatic rings. The number of nitrogens with one attached hydrogen (secondary N) is 3. The fraction of sp³-hybridized carbons (Fsp3) is 0.767. The van der Waals surface area contributed by atoms with E-state index < -0.39 is 0 Å². The van der Waals surface area contributed by atoms with Crippen LogP contribution in [-0.4, -0.2) is 68.9 Å². The van der Waals surface area contributed by atoms with E-state index in [4.69, 9.17) is 14.5 Å². The van der Waals surface area contributed by atoms with Crippen molar-refractivity contribution in [2.75, 3.05) is 38.2 Å². The van der Waals surface area contributed by atoms with Gasteiger partial charge in [0.25, 0.3) is 0 Å². The SMILES string of the molecule is Cc1cccc(C)c1NCC1=NC(CC(C)OCC2CCC(CC(C)COCC3CCCN3)N2)CC1. The van der Waals surface area contributed by atoms with Crippen LogP contribution in [0.5, 0.6) is 0 Å². The lowest BCUT2D eigenvalue weighted by atomic mass is 10.0. The van der Waals surface area contributed by atoms with Crippen molar-refractivity contribution < 1.29 is 9.47 Å². The Morgan fingerprint density at radius 1 is 1.00 bits per heavy atom. The van der Waals surface area contributed by atoms with Crippen LogP contribution in [0.15, 0.2) is 23.2 Å². The summed E-state index contributed by atoms with van der Waals surface area (Å²) in [5, 5.41) is 11.0. The minimum Gasteiger partial charge on any atom is -0.380 e. The van der Waals surface area contributed by atoms with E-state index in [1.165, 1.54) is 54.6 Å². The average molecular weight is 499 g/mol. The molecular weight excluding hydrogens is 448 g/mol. The number of hydrogen-bond donors (Lipinski definition) is 3. The molecule has 0 amide bonds. The summed E-state index contributed by atoms with van der Waals surface area (Å²) in [4.78, 5) is 5.02. The number of nitrogens with zero attached hydrogens (tertiary/aromatic N) is 1. The second-order valence-corrected chi connectivity index (χ2v) is 11.7. The molecule has 3 N–H and O–H groups in total. The number of anilines is 1. The molecule has 6 unspecified atom stereocenters. The molecule has 6 nitrogen and oxygen atoms in total. The Hall–Kier alpha value is -1.47. The van der Waals surface area contributed by atoms with Gasteiger partial charge in [0.1, 0.15) is 0 Å². The Morgan fingerprint density at radius 2 is 1.81 bits per heavy atom. The van der Waals surface area contributed by atoms with Gasteiger partial charge >= 0.3 is 0 Å². The first-order valence-corrected chi connectivity index (χ1v) is 14.5. The Bertz CT molecular complexity index is 818. The largest absolute Gasteiger partial charge is 0.380 e. The Balaban J connectivity index is 1.08. The summed E-state index contributed by atoms with van der Waals surface area (Å²) >= 11 is 0. The fourth-order valence-corrected chi connectivity index (χ4v) is 6.12. The molecule has 3 heterocycles. The van der Waals surface area contributed by atoms with Gasteiger partial charge in [-0.1, -0.05) is 25.1 Å². The van der Waals surface area contributed by atoms with Crippen molar-refractivity contribution >= 4 is 11.4 Å². The molecule has 6 heteroatoms. The summed E-state index contributed by atoms with van der Waals surface area (Å²) in [5.74, 6) is 0.598. The van der Waals surface area contributed by atoms with Gasteiger partial charge in [-0.3, -0.25) is 4.99 Å². The molecule has 1 aromatic carbocycles. The third kappa shape index (κ3) is 8.54. The highest BCUT2D eigenvalue weighted by Crippen LogP contribution is 2.24. The van der Waals surface area contributed by atoms with E-state index in [1.807, 2.05) is 0 Å². The van der Waals surface area contributed by atoms with Crippen LogP contribution in [0.1, 0.15) is 76.3 Å². The molecule has 0 bridgehead atoms. The molecule has 0 saturated carbocycles. The molecule has 3 aliphatic heterocycles. The smallest absolute Gasteiger partial charge is 0.0623 e. The first-order valence-electron chi connectivity index (χ1n) is 14.5. The van der Waals surface area contributed by atoms with Gasteiger partial charge in [-0.2, -0.15) is 0 Å². The van der Waals surface area contributed by atoms with Gasteiger partial charge in [0, 0.05) is 36.1 Å². The molecule has 4 rings (SSSR count). The fourth-order valence-electron chi connectivity index (χ4n) is 6.12. The number of para-hydroxylation sites is 1. The van der Waals surface area contributed by atoms with Gasteiger partial charge in [-0.15, -0.1) is 0 Å². The van der Waals surface area contributed by atoms with E-state index in [0.717, 1.165) is 52.2 Å². The molecule has 202 valence electrons. The first-order chi connectivity index (χ1) is 17.5. The summed E-state index contributed by atoms with van der Waals surface area (Å²) in [7, 11) is 0. The monoisotopic (exact) mass is 498 g/mol. The maximum Gasteiger partial charge on any atom is 0.0623 e. The van der Waals surface area contributed by atoms with Gasteiger partial charge in [0.05, 0.1) is 31.9 Å². The lowest BCUT2D eigenvalue weighted by Gasteiger charge is -2.21. The molecular formula is C30H50N4O2. The highest BCUT2D eigenvalue weighted by molar-refractivity contribution is 5.90. The normalized spacial score (nSPS) is 27.8. The predicted octanol–water partition coefficient (Wildman–Crippen LogP) is 5.03. The summed E-state index contributed by atoms with van der Waals surface area (Å²) < 4.78 is 12.3. The van der Waals surface area contributed by atoms with Gasteiger partial charge in [0.2, 0.25) is 0 Å². The van der Waals surface area contributed by atoms with Crippen LogP contribution in [-0.2, 0) is 9.47 Å². The van der Waals surface area contributed by atoms with Crippen LogP contribution < -0.4 is 16.0 Å². The summed E-state index contributed by atoms with van der Waals surface area (Å²) in [6.45, 7) is 13.4. The molecule has 0 spiro atoms. The quantitative estimate of drug-likeness (QED) is 0.336. The molecule has 0 radical (unpaired) electrons. The van der Waals surface area contributed by atoms with Crippen LogP contribution in [0.2, 0.25) is 0 Å². The van der Waals surface area contributed by atoms with E-state index in [1.54, 1.807) is 0 Å². The van der Waals surface area contributed by atoms with E-state index in [-0.39, 0.29) is 6.10 Å². The number of hydrogen-bond acceptors (Lipinski definition) is 6. The summed E-state index contributed by atoms with van der Waals surface area (Å²) in [6, 6.07) is 8.51. The molecule has 1 aromatic rings. The Kier molecular flexibility index (Phi) is 10.6. The molecule has 2 fully saturated rings. The highest BCUT2D eigenvalue weighted by Gasteiger charge is 2.27. The van der Waals surface area contributed by atoms with E-state index in [9.17, 15) is 0 Å². The van der Waals surface area contributed by atoms with Crippen molar-refractivity contribution in [2.24, 2.45) is 10.9 Å². The van der Waals surface area contributed by atoms with Crippen LogP contribution in [0.4, 0.5) is 5.69 Å². The number of benzene rings is 1. The van der Waals surface area contributed by atoms with Gasteiger partial charge in [0.15, 0.2) is 0 Å². The lowest BCUT2D eigenvalue weighted by molar-refractivity contribution is 0.0426. The standard InChI is InChI=1S/C30H50N4O2/c1-21(18-35-19-28-9-6-14-31-28)15-25-11-13-29(34-25)20-36-24(4)16-26-10-12-27(33-26)17-32-30-22(2)7-5-8-23(30)3/h5,7-8,21,24-26,28-29,31-32,34H,6,9-20H2,1-4H3. The zero-order valence-corrected chi connectivity index (χ0v) is 23.2. The van der Waals surface area contributed by atoms with Crippen LogP contribution >= 0.6 is 0 Å². The molecule has 0 aromatic heterocycles. The zero-order valence-electron chi connectivity index (χ0n) is 23.2. The molecule has 0 aliphatic carbocycles. The van der Waals surface area contributed by atoms with Crippen LogP contribution in [0.25, 0.3) is 0 Å². The molecule has 2 saturated heterocycles. The maximum absolute atomic E-state index is 6.28. The second kappa shape index (κ2) is 13.9. The number of rotatable bonds is 14. The maximum atomic E-state index is 6.28. The van der Waals surface area contributed by atoms with E-state index >= 15 is 0 Å². The zero-order chi connectivity index (χ0) is 25.3. The number of aliphatic imine (C=N–C) groups is 1. The Labute approximate surface area is 219 Å². The predicted molar refractivity (Wildman–Crippen MR) is 150 cm³/mol. The van der Waals surface area contributed by atoms with Gasteiger partial charge in [-0.05, 0) is 95.7 Å². The van der Waals surface area contributed by atoms with E-state index in [0.29, 0.717) is 30.1 Å². The van der Waals surface area contributed by atoms with Crippen LogP contribution in [0.3, 0.4) is 0 Å². The van der Waals surface area contributed by atoms with Crippen molar-refractivity contribution in [2.45, 2.75) is 109 Å².